The van der Waals surface area contributed by atoms with Crippen LogP contribution in [-0.2, 0) is 16.1 Å². The molecule has 0 unspecified atom stereocenters. The summed E-state index contributed by atoms with van der Waals surface area (Å²) in [5.74, 6) is -0.196. The van der Waals surface area contributed by atoms with Crippen LogP contribution in [0.1, 0.15) is 27.0 Å². The van der Waals surface area contributed by atoms with E-state index in [1.165, 1.54) is 19.2 Å². The van der Waals surface area contributed by atoms with Crippen LogP contribution in [0.2, 0.25) is 0 Å². The molecule has 0 atom stereocenters. The van der Waals surface area contributed by atoms with Gasteiger partial charge in [-0.3, -0.25) is 10.1 Å². The summed E-state index contributed by atoms with van der Waals surface area (Å²) in [4.78, 5) is 41.6. The number of methoxy groups -OCH3 is 1. The van der Waals surface area contributed by atoms with Crippen LogP contribution < -0.4 is 14.2 Å². The van der Waals surface area contributed by atoms with E-state index in [-0.39, 0.29) is 30.2 Å². The minimum absolute atomic E-state index is 0.0987. The molecular weight excluding hydrogens is 540 g/mol. The Labute approximate surface area is 240 Å². The van der Waals surface area contributed by atoms with Crippen LogP contribution in [0.25, 0.3) is 21.8 Å². The lowest BCUT2D eigenvalue weighted by Crippen LogP contribution is -2.15. The number of nitro benzene ring substituents is 1. The third kappa shape index (κ3) is 5.97. The third-order valence-corrected chi connectivity index (χ3v) is 6.61. The molecule has 1 aromatic heterocycles. The predicted molar refractivity (Wildman–Crippen MR) is 155 cm³/mol. The van der Waals surface area contributed by atoms with Gasteiger partial charge in [0.25, 0.3) is 5.69 Å². The SMILES string of the molecule is COc1ccc2nc3ccc(OCC(=O)OCc4ccccc4)cc3c(C(=O)Oc3c(C)cc([N+](=O)[O-])cc3C)c2c1. The molecule has 1 heterocycles. The van der Waals surface area contributed by atoms with Crippen LogP contribution in [0.5, 0.6) is 17.2 Å². The number of non-ortho nitro benzene ring substituents is 1. The molecule has 0 spiro atoms. The number of esters is 2. The smallest absolute Gasteiger partial charge is 0.344 e. The number of ether oxygens (including phenoxy) is 4. The Bertz CT molecular complexity index is 1810. The summed E-state index contributed by atoms with van der Waals surface area (Å²) in [6, 6.07) is 22.1. The number of nitro groups is 1. The molecule has 0 saturated carbocycles. The second-order valence-electron chi connectivity index (χ2n) is 9.54. The number of pyridine rings is 1. The maximum Gasteiger partial charge on any atom is 0.344 e. The molecule has 0 saturated heterocycles. The highest BCUT2D eigenvalue weighted by Crippen LogP contribution is 2.34. The van der Waals surface area contributed by atoms with Gasteiger partial charge in [-0.1, -0.05) is 30.3 Å². The zero-order valence-electron chi connectivity index (χ0n) is 23.1. The fourth-order valence-electron chi connectivity index (χ4n) is 4.60. The molecule has 10 nitrogen and oxygen atoms in total. The van der Waals surface area contributed by atoms with Gasteiger partial charge in [0.15, 0.2) is 6.61 Å². The van der Waals surface area contributed by atoms with Crippen molar-refractivity contribution < 1.29 is 33.5 Å². The number of carbonyl (C=O) groups excluding carboxylic acids is 2. The van der Waals surface area contributed by atoms with Crippen molar-refractivity contribution in [2.75, 3.05) is 13.7 Å². The summed E-state index contributed by atoms with van der Waals surface area (Å²) in [5.41, 5.74) is 2.86. The number of rotatable bonds is 9. The molecule has 10 heteroatoms. The first-order valence-electron chi connectivity index (χ1n) is 12.9. The average Bonchev–Trinajstić information content (AvgIpc) is 2.99. The Morgan fingerprint density at radius 2 is 1.48 bits per heavy atom. The molecule has 5 aromatic rings. The van der Waals surface area contributed by atoms with Crippen LogP contribution in [-0.4, -0.2) is 35.6 Å². The van der Waals surface area contributed by atoms with Crippen molar-refractivity contribution in [1.82, 2.24) is 4.98 Å². The first-order valence-corrected chi connectivity index (χ1v) is 12.9. The lowest BCUT2D eigenvalue weighted by molar-refractivity contribution is -0.385. The van der Waals surface area contributed by atoms with Gasteiger partial charge in [0.1, 0.15) is 23.9 Å². The van der Waals surface area contributed by atoms with E-state index in [0.717, 1.165) is 5.56 Å². The molecular formula is C32H26N2O8. The molecule has 0 aliphatic heterocycles. The summed E-state index contributed by atoms with van der Waals surface area (Å²) in [6.07, 6.45) is 0. The van der Waals surface area contributed by atoms with E-state index in [9.17, 15) is 19.7 Å². The van der Waals surface area contributed by atoms with Gasteiger partial charge < -0.3 is 18.9 Å². The first kappa shape index (κ1) is 28.0. The molecule has 42 heavy (non-hydrogen) atoms. The van der Waals surface area contributed by atoms with Gasteiger partial charge in [-0.2, -0.15) is 0 Å². The Hall–Kier alpha value is -5.51. The maximum absolute atomic E-state index is 13.8. The number of carbonyl (C=O) groups is 2. The van der Waals surface area contributed by atoms with Crippen molar-refractivity contribution >= 4 is 39.4 Å². The van der Waals surface area contributed by atoms with E-state index in [2.05, 4.69) is 4.98 Å². The quantitative estimate of drug-likeness (QED) is 0.0667. The van der Waals surface area contributed by atoms with E-state index in [4.69, 9.17) is 18.9 Å². The minimum atomic E-state index is -0.694. The van der Waals surface area contributed by atoms with Crippen LogP contribution in [0.3, 0.4) is 0 Å². The molecule has 212 valence electrons. The van der Waals surface area contributed by atoms with Crippen LogP contribution >= 0.6 is 0 Å². The van der Waals surface area contributed by atoms with Gasteiger partial charge in [-0.05, 0) is 66.9 Å². The molecule has 4 aromatic carbocycles. The number of nitrogens with zero attached hydrogens (tertiary/aromatic N) is 2. The maximum atomic E-state index is 13.8. The summed E-state index contributed by atoms with van der Waals surface area (Å²) in [7, 11) is 1.51. The standard InChI is InChI=1S/C32H26N2O8/c1-19-13-22(34(37)38)14-20(2)31(19)42-32(36)30-25-15-23(39-3)9-11-27(25)33-28-12-10-24(16-26(28)30)40-18-29(35)41-17-21-7-5-4-6-8-21/h4-16H,17-18H2,1-3H3. The molecule has 0 bridgehead atoms. The second kappa shape index (κ2) is 11.9. The van der Waals surface area contributed by atoms with Crippen LogP contribution in [0.15, 0.2) is 78.9 Å². The predicted octanol–water partition coefficient (Wildman–Crippen LogP) is 6.26. The van der Waals surface area contributed by atoms with Gasteiger partial charge in [0.2, 0.25) is 0 Å². The molecule has 0 radical (unpaired) electrons. The van der Waals surface area contributed by atoms with Gasteiger partial charge >= 0.3 is 11.9 Å². The van der Waals surface area contributed by atoms with E-state index < -0.39 is 16.9 Å². The van der Waals surface area contributed by atoms with Crippen LogP contribution in [0.4, 0.5) is 5.69 Å². The highest BCUT2D eigenvalue weighted by atomic mass is 16.6. The Morgan fingerprint density at radius 1 is 0.857 bits per heavy atom. The number of hydrogen-bond donors (Lipinski definition) is 0. The molecule has 5 rings (SSSR count). The number of benzene rings is 4. The molecule has 0 amide bonds. The lowest BCUT2D eigenvalue weighted by atomic mass is 10.0. The van der Waals surface area contributed by atoms with E-state index in [1.807, 2.05) is 30.3 Å². The Kier molecular flexibility index (Phi) is 7.96. The van der Waals surface area contributed by atoms with Gasteiger partial charge in [0, 0.05) is 22.9 Å². The van der Waals surface area contributed by atoms with E-state index in [1.54, 1.807) is 50.2 Å². The number of aromatic nitrogens is 1. The average molecular weight is 567 g/mol. The zero-order chi connectivity index (χ0) is 29.8. The normalized spacial score (nSPS) is 10.8. The topological polar surface area (TPSA) is 127 Å². The number of aryl methyl sites for hydroxylation is 2. The molecule has 0 aliphatic carbocycles. The fraction of sp³-hybridized carbons (Fsp3) is 0.156. The molecule has 0 fully saturated rings. The van der Waals surface area contributed by atoms with Gasteiger partial charge in [-0.25, -0.2) is 14.6 Å². The minimum Gasteiger partial charge on any atom is -0.497 e. The Morgan fingerprint density at radius 3 is 2.10 bits per heavy atom. The van der Waals surface area contributed by atoms with Gasteiger partial charge in [0.05, 0.1) is 28.6 Å². The third-order valence-electron chi connectivity index (χ3n) is 6.61. The van der Waals surface area contributed by atoms with Crippen molar-refractivity contribution in [3.8, 4) is 17.2 Å². The molecule has 0 N–H and O–H groups in total. The fourth-order valence-corrected chi connectivity index (χ4v) is 4.60. The largest absolute Gasteiger partial charge is 0.497 e. The summed E-state index contributed by atoms with van der Waals surface area (Å²) in [6.45, 7) is 3.05. The van der Waals surface area contributed by atoms with Crippen molar-refractivity contribution in [1.29, 1.82) is 0 Å². The molecule has 0 aliphatic rings. The monoisotopic (exact) mass is 566 g/mol. The first-order chi connectivity index (χ1) is 20.2. The zero-order valence-corrected chi connectivity index (χ0v) is 23.1. The van der Waals surface area contributed by atoms with E-state index >= 15 is 0 Å². The number of fused-ring (bicyclic) bond motifs is 2. The van der Waals surface area contributed by atoms with Crippen LogP contribution in [0, 0.1) is 24.0 Å². The van der Waals surface area contributed by atoms with Gasteiger partial charge in [-0.15, -0.1) is 0 Å². The Balaban J connectivity index is 1.49. The summed E-state index contributed by atoms with van der Waals surface area (Å²) >= 11 is 0. The van der Waals surface area contributed by atoms with E-state index in [0.29, 0.717) is 44.4 Å². The summed E-state index contributed by atoms with van der Waals surface area (Å²) in [5, 5.41) is 12.2. The second-order valence-corrected chi connectivity index (χ2v) is 9.54. The highest BCUT2D eigenvalue weighted by Gasteiger charge is 2.22. The number of hydrogen-bond acceptors (Lipinski definition) is 9. The van der Waals surface area contributed by atoms with Crippen molar-refractivity contribution in [2.45, 2.75) is 20.5 Å². The van der Waals surface area contributed by atoms with Crippen molar-refractivity contribution in [3.05, 3.63) is 111 Å². The van der Waals surface area contributed by atoms with Crippen molar-refractivity contribution in [3.63, 3.8) is 0 Å². The summed E-state index contributed by atoms with van der Waals surface area (Å²) < 4.78 is 22.2. The highest BCUT2D eigenvalue weighted by molar-refractivity contribution is 6.15. The lowest BCUT2D eigenvalue weighted by Gasteiger charge is -2.15. The van der Waals surface area contributed by atoms with Crippen molar-refractivity contribution in [2.24, 2.45) is 0 Å².